The Balaban J connectivity index is 2.05. The SMILES string of the molecule is COc1cc(/C=C2\C(=O)N(c3cccc(C)c3)N=C2C)c(Br)c(Br)c1OC. The van der Waals surface area contributed by atoms with Crippen molar-refractivity contribution in [3.63, 3.8) is 0 Å². The van der Waals surface area contributed by atoms with Crippen LogP contribution >= 0.6 is 31.9 Å². The minimum Gasteiger partial charge on any atom is -0.493 e. The highest BCUT2D eigenvalue weighted by Crippen LogP contribution is 2.43. The van der Waals surface area contributed by atoms with Gasteiger partial charge in [-0.2, -0.15) is 10.1 Å². The fourth-order valence-corrected chi connectivity index (χ4v) is 3.82. The monoisotopic (exact) mass is 492 g/mol. The molecule has 7 heteroatoms. The van der Waals surface area contributed by atoms with Crippen molar-refractivity contribution < 1.29 is 14.3 Å². The van der Waals surface area contributed by atoms with Crippen LogP contribution < -0.4 is 14.5 Å². The maximum absolute atomic E-state index is 13.0. The average molecular weight is 494 g/mol. The lowest BCUT2D eigenvalue weighted by atomic mass is 10.1. The van der Waals surface area contributed by atoms with Gasteiger partial charge in [0.15, 0.2) is 11.5 Å². The summed E-state index contributed by atoms with van der Waals surface area (Å²) in [7, 11) is 3.15. The molecule has 1 amide bonds. The van der Waals surface area contributed by atoms with E-state index in [0.29, 0.717) is 27.3 Å². The Kier molecular flexibility index (Phi) is 5.72. The van der Waals surface area contributed by atoms with Gasteiger partial charge in [-0.15, -0.1) is 0 Å². The van der Waals surface area contributed by atoms with Gasteiger partial charge < -0.3 is 9.47 Å². The second-order valence-electron chi connectivity index (χ2n) is 6.03. The number of halogens is 2. The smallest absolute Gasteiger partial charge is 0.280 e. The molecular formula is C20H18Br2N2O3. The molecular weight excluding hydrogens is 476 g/mol. The molecule has 0 saturated carbocycles. The second-order valence-corrected chi connectivity index (χ2v) is 7.61. The number of nitrogens with zero attached hydrogens (tertiary/aromatic N) is 2. The highest BCUT2D eigenvalue weighted by Gasteiger charge is 2.29. The van der Waals surface area contributed by atoms with Crippen LogP contribution in [0.5, 0.6) is 11.5 Å². The number of hydrogen-bond donors (Lipinski definition) is 0. The van der Waals surface area contributed by atoms with Crippen LogP contribution in [0.15, 0.2) is 50.0 Å². The molecule has 2 aromatic rings. The molecule has 1 aliphatic heterocycles. The van der Waals surface area contributed by atoms with E-state index in [1.165, 1.54) is 5.01 Å². The predicted octanol–water partition coefficient (Wildman–Crippen LogP) is 5.34. The maximum Gasteiger partial charge on any atom is 0.280 e. The fraction of sp³-hybridized carbons (Fsp3) is 0.200. The number of benzene rings is 2. The number of hydrazone groups is 1. The zero-order chi connectivity index (χ0) is 19.7. The molecule has 27 heavy (non-hydrogen) atoms. The van der Waals surface area contributed by atoms with Crippen LogP contribution in [0.25, 0.3) is 6.08 Å². The van der Waals surface area contributed by atoms with E-state index in [1.54, 1.807) is 20.3 Å². The Morgan fingerprint density at radius 2 is 1.81 bits per heavy atom. The number of ether oxygens (including phenoxy) is 2. The molecule has 0 N–H and O–H groups in total. The van der Waals surface area contributed by atoms with Crippen LogP contribution in [0.3, 0.4) is 0 Å². The minimum atomic E-state index is -0.170. The summed E-state index contributed by atoms with van der Waals surface area (Å²) in [5, 5.41) is 5.86. The van der Waals surface area contributed by atoms with Crippen molar-refractivity contribution in [3.05, 3.63) is 56.0 Å². The first-order valence-electron chi connectivity index (χ1n) is 8.15. The third-order valence-electron chi connectivity index (χ3n) is 4.19. The number of hydrogen-bond acceptors (Lipinski definition) is 4. The Bertz CT molecular complexity index is 983. The average Bonchev–Trinajstić information content (AvgIpc) is 2.93. The Hall–Kier alpha value is -2.12. The van der Waals surface area contributed by atoms with Crippen molar-refractivity contribution in [2.45, 2.75) is 13.8 Å². The van der Waals surface area contributed by atoms with E-state index in [2.05, 4.69) is 37.0 Å². The van der Waals surface area contributed by atoms with Crippen molar-refractivity contribution in [3.8, 4) is 11.5 Å². The first kappa shape index (κ1) is 19.6. The second kappa shape index (κ2) is 7.86. The van der Waals surface area contributed by atoms with Crippen molar-refractivity contribution in [1.82, 2.24) is 0 Å². The number of methoxy groups -OCH3 is 2. The molecule has 0 bridgehead atoms. The van der Waals surface area contributed by atoms with E-state index < -0.39 is 0 Å². The van der Waals surface area contributed by atoms with Crippen molar-refractivity contribution >= 4 is 55.2 Å². The van der Waals surface area contributed by atoms with E-state index in [4.69, 9.17) is 9.47 Å². The zero-order valence-corrected chi connectivity index (χ0v) is 18.5. The van der Waals surface area contributed by atoms with Gasteiger partial charge in [-0.1, -0.05) is 12.1 Å². The van der Waals surface area contributed by atoms with E-state index in [9.17, 15) is 4.79 Å². The lowest BCUT2D eigenvalue weighted by molar-refractivity contribution is -0.114. The van der Waals surface area contributed by atoms with Crippen LogP contribution in [0.1, 0.15) is 18.1 Å². The quantitative estimate of drug-likeness (QED) is 0.540. The fourth-order valence-electron chi connectivity index (χ4n) is 2.83. The van der Waals surface area contributed by atoms with Crippen LogP contribution in [-0.4, -0.2) is 25.8 Å². The summed E-state index contributed by atoms with van der Waals surface area (Å²) in [6, 6.07) is 9.51. The van der Waals surface area contributed by atoms with Crippen LogP contribution in [-0.2, 0) is 4.79 Å². The molecule has 0 atom stereocenters. The summed E-state index contributed by atoms with van der Waals surface area (Å²) in [6.07, 6.45) is 1.80. The molecule has 0 fully saturated rings. The zero-order valence-electron chi connectivity index (χ0n) is 15.3. The molecule has 140 valence electrons. The Morgan fingerprint density at radius 1 is 1.07 bits per heavy atom. The van der Waals surface area contributed by atoms with E-state index >= 15 is 0 Å². The third-order valence-corrected chi connectivity index (χ3v) is 6.33. The summed E-state index contributed by atoms with van der Waals surface area (Å²) in [5.41, 5.74) is 3.77. The molecule has 1 aliphatic rings. The van der Waals surface area contributed by atoms with Gasteiger partial charge in [-0.25, -0.2) is 0 Å². The first-order valence-corrected chi connectivity index (χ1v) is 9.74. The molecule has 0 aromatic heterocycles. The van der Waals surface area contributed by atoms with Gasteiger partial charge >= 0.3 is 0 Å². The summed E-state index contributed by atoms with van der Waals surface area (Å²) in [5.74, 6) is 0.974. The van der Waals surface area contributed by atoms with Gasteiger partial charge in [-0.05, 0) is 81.1 Å². The third kappa shape index (κ3) is 3.66. The Morgan fingerprint density at radius 3 is 2.44 bits per heavy atom. The topological polar surface area (TPSA) is 51.1 Å². The van der Waals surface area contributed by atoms with E-state index in [1.807, 2.05) is 44.2 Å². The van der Waals surface area contributed by atoms with Gasteiger partial charge in [0.25, 0.3) is 5.91 Å². The van der Waals surface area contributed by atoms with Crippen molar-refractivity contribution in [2.24, 2.45) is 5.10 Å². The van der Waals surface area contributed by atoms with E-state index in [-0.39, 0.29) is 5.91 Å². The number of carbonyl (C=O) groups excluding carboxylic acids is 1. The molecule has 0 radical (unpaired) electrons. The number of amides is 1. The van der Waals surface area contributed by atoms with Crippen LogP contribution in [0.4, 0.5) is 5.69 Å². The predicted molar refractivity (Wildman–Crippen MR) is 115 cm³/mol. The number of carbonyl (C=O) groups is 1. The summed E-state index contributed by atoms with van der Waals surface area (Å²) >= 11 is 7.07. The molecule has 0 saturated heterocycles. The van der Waals surface area contributed by atoms with Crippen molar-refractivity contribution in [2.75, 3.05) is 19.2 Å². The standard InChI is InChI=1S/C20H18Br2N2O3/c1-11-6-5-7-14(8-11)24-20(25)15(12(2)23-24)9-13-10-16(26-3)19(27-4)18(22)17(13)21/h5-10H,1-4H3/b15-9-. The van der Waals surface area contributed by atoms with Gasteiger partial charge in [0.2, 0.25) is 0 Å². The molecule has 3 rings (SSSR count). The summed E-state index contributed by atoms with van der Waals surface area (Å²) in [4.78, 5) is 13.0. The lowest BCUT2D eigenvalue weighted by Crippen LogP contribution is -2.21. The lowest BCUT2D eigenvalue weighted by Gasteiger charge is -2.14. The van der Waals surface area contributed by atoms with Crippen LogP contribution in [0.2, 0.25) is 0 Å². The van der Waals surface area contributed by atoms with Gasteiger partial charge in [0.1, 0.15) is 0 Å². The molecule has 1 heterocycles. The minimum absolute atomic E-state index is 0.170. The van der Waals surface area contributed by atoms with Crippen molar-refractivity contribution in [1.29, 1.82) is 0 Å². The van der Waals surface area contributed by atoms with Gasteiger partial charge in [-0.3, -0.25) is 4.79 Å². The molecule has 0 aliphatic carbocycles. The maximum atomic E-state index is 13.0. The largest absolute Gasteiger partial charge is 0.493 e. The molecule has 2 aromatic carbocycles. The Labute approximate surface area is 174 Å². The number of rotatable bonds is 4. The molecule has 5 nitrogen and oxygen atoms in total. The number of anilines is 1. The molecule has 0 spiro atoms. The molecule has 0 unspecified atom stereocenters. The van der Waals surface area contributed by atoms with Gasteiger partial charge in [0.05, 0.1) is 35.7 Å². The first-order chi connectivity index (χ1) is 12.9. The van der Waals surface area contributed by atoms with Gasteiger partial charge in [0, 0.05) is 4.47 Å². The van der Waals surface area contributed by atoms with Crippen LogP contribution in [0, 0.1) is 6.92 Å². The summed E-state index contributed by atoms with van der Waals surface area (Å²) in [6.45, 7) is 3.80. The highest BCUT2D eigenvalue weighted by atomic mass is 79.9. The van der Waals surface area contributed by atoms with E-state index in [0.717, 1.165) is 21.3 Å². The normalized spacial score (nSPS) is 15.3. The highest BCUT2D eigenvalue weighted by molar-refractivity contribution is 9.13. The summed E-state index contributed by atoms with van der Waals surface area (Å²) < 4.78 is 12.3. The number of aryl methyl sites for hydroxylation is 1.